The molecule has 0 spiro atoms. The fraction of sp³-hybridized carbons (Fsp3) is 0. The number of halogens is 2. The lowest BCUT2D eigenvalue weighted by molar-refractivity contribution is 0.628. The van der Waals surface area contributed by atoms with E-state index in [9.17, 15) is 4.39 Å². The largest absolute Gasteiger partial charge is 0.338 e. The van der Waals surface area contributed by atoms with Gasteiger partial charge >= 0.3 is 0 Å². The molecule has 0 aliphatic heterocycles. The summed E-state index contributed by atoms with van der Waals surface area (Å²) in [7, 11) is 1.52. The van der Waals surface area contributed by atoms with Crippen molar-refractivity contribution in [1.29, 1.82) is 0 Å². The van der Waals surface area contributed by atoms with Gasteiger partial charge in [-0.3, -0.25) is 0 Å². The van der Waals surface area contributed by atoms with Crippen molar-refractivity contribution in [3.05, 3.63) is 36.3 Å². The molecule has 1 heterocycles. The van der Waals surface area contributed by atoms with E-state index in [1.54, 1.807) is 12.1 Å². The van der Waals surface area contributed by atoms with Gasteiger partial charge in [0, 0.05) is 33.0 Å². The van der Waals surface area contributed by atoms with E-state index in [0.717, 1.165) is 16.4 Å². The van der Waals surface area contributed by atoms with E-state index in [0.29, 0.717) is 0 Å². The van der Waals surface area contributed by atoms with Gasteiger partial charge in [-0.25, -0.2) is 9.37 Å². The minimum atomic E-state index is -0.229. The molecule has 0 aliphatic rings. The lowest BCUT2D eigenvalue weighted by Crippen LogP contribution is -1.78. The molecule has 72 valence electrons. The third-order valence-electron chi connectivity index (χ3n) is 1.77. The molecule has 0 saturated carbocycles. The molecule has 14 heavy (non-hydrogen) atoms. The molecule has 2 nitrogen and oxygen atoms in total. The van der Waals surface area contributed by atoms with Crippen LogP contribution in [0.5, 0.6) is 0 Å². The van der Waals surface area contributed by atoms with Crippen LogP contribution in [0.25, 0.3) is 11.3 Å². The average molecular weight is 320 g/mol. The number of imidazole rings is 1. The molecule has 0 aliphatic carbocycles. The Balaban J connectivity index is 2.34. The van der Waals surface area contributed by atoms with Crippen LogP contribution < -0.4 is 0 Å². The van der Waals surface area contributed by atoms with Crippen LogP contribution in [0.15, 0.2) is 35.6 Å². The number of aromatic amines is 1. The number of nitrogens with zero attached hydrogens (tertiary/aromatic N) is 1. The van der Waals surface area contributed by atoms with Crippen LogP contribution in [0.3, 0.4) is 0 Å². The third kappa shape index (κ3) is 2.09. The predicted molar refractivity (Wildman–Crippen MR) is 63.9 cm³/mol. The Morgan fingerprint density at radius 2 is 2.00 bits per heavy atom. The number of hydrogen-bond donors (Lipinski definition) is 1. The first-order valence-corrected chi connectivity index (χ1v) is 7.25. The number of hydrogen-bond acceptors (Lipinski definition) is 2. The maximum atomic E-state index is 12.6. The first-order chi connectivity index (χ1) is 6.79. The van der Waals surface area contributed by atoms with Crippen LogP contribution in [0.1, 0.15) is 0 Å². The summed E-state index contributed by atoms with van der Waals surface area (Å²) in [5, 5.41) is 0.852. The minimum Gasteiger partial charge on any atom is -0.338 e. The molecular weight excluding hydrogens is 314 g/mol. The van der Waals surface area contributed by atoms with Crippen molar-refractivity contribution in [2.45, 2.75) is 5.16 Å². The minimum absolute atomic E-state index is 0.229. The van der Waals surface area contributed by atoms with Crippen molar-refractivity contribution >= 4 is 30.1 Å². The lowest BCUT2D eigenvalue weighted by atomic mass is 10.2. The topological polar surface area (TPSA) is 28.7 Å². The fourth-order valence-corrected chi connectivity index (χ4v) is 2.03. The van der Waals surface area contributed by atoms with Gasteiger partial charge in [-0.05, 0) is 33.2 Å². The number of rotatable bonds is 2. The van der Waals surface area contributed by atoms with E-state index in [4.69, 9.17) is 0 Å². The van der Waals surface area contributed by atoms with E-state index >= 15 is 0 Å². The van der Waals surface area contributed by atoms with E-state index in [1.165, 1.54) is 21.1 Å². The standard InChI is InChI=1S/C9H6FIN2S/c10-7-3-1-6(2-4-7)8-5-12-9(13-8)14-11/h1-5H,(H,12,13). The van der Waals surface area contributed by atoms with Gasteiger partial charge in [0.25, 0.3) is 0 Å². The van der Waals surface area contributed by atoms with E-state index < -0.39 is 0 Å². The second kappa shape index (κ2) is 4.31. The zero-order valence-electron chi connectivity index (χ0n) is 7.00. The zero-order valence-corrected chi connectivity index (χ0v) is 9.97. The lowest BCUT2D eigenvalue weighted by Gasteiger charge is -1.94. The molecule has 5 heteroatoms. The molecule has 1 N–H and O–H groups in total. The average Bonchev–Trinajstić information content (AvgIpc) is 2.67. The number of H-pyrrole nitrogens is 1. The maximum Gasteiger partial charge on any atom is 0.176 e. The van der Waals surface area contributed by atoms with Crippen LogP contribution in [0.4, 0.5) is 4.39 Å². The fourth-order valence-electron chi connectivity index (χ4n) is 1.11. The molecule has 1 aromatic heterocycles. The van der Waals surface area contributed by atoms with Crippen molar-refractivity contribution in [2.24, 2.45) is 0 Å². The molecule has 0 atom stereocenters. The molecule has 2 rings (SSSR count). The Kier molecular flexibility index (Phi) is 3.07. The Bertz CT molecular complexity index is 427. The van der Waals surface area contributed by atoms with Gasteiger partial charge < -0.3 is 4.98 Å². The van der Waals surface area contributed by atoms with Gasteiger partial charge in [-0.2, -0.15) is 0 Å². The smallest absolute Gasteiger partial charge is 0.176 e. The van der Waals surface area contributed by atoms with Gasteiger partial charge in [0.05, 0.1) is 5.69 Å². The second-order valence-corrected chi connectivity index (χ2v) is 4.54. The Labute approximate surface area is 96.9 Å². The summed E-state index contributed by atoms with van der Waals surface area (Å²) in [4.78, 5) is 7.33. The van der Waals surface area contributed by atoms with Gasteiger partial charge in [0.2, 0.25) is 0 Å². The summed E-state index contributed by atoms with van der Waals surface area (Å²) in [5.41, 5.74) is 1.75. The van der Waals surface area contributed by atoms with Crippen molar-refractivity contribution in [3.63, 3.8) is 0 Å². The molecule has 0 unspecified atom stereocenters. The van der Waals surface area contributed by atoms with Crippen molar-refractivity contribution in [1.82, 2.24) is 9.97 Å². The van der Waals surface area contributed by atoms with Gasteiger partial charge in [-0.1, -0.05) is 0 Å². The molecule has 1 aromatic carbocycles. The van der Waals surface area contributed by atoms with E-state index in [1.807, 2.05) is 6.20 Å². The summed E-state index contributed by atoms with van der Waals surface area (Å²) >= 11 is 2.15. The maximum absolute atomic E-state index is 12.6. The number of benzene rings is 1. The first-order valence-electron chi connectivity index (χ1n) is 3.89. The monoisotopic (exact) mass is 320 g/mol. The highest BCUT2D eigenvalue weighted by Crippen LogP contribution is 2.25. The SMILES string of the molecule is Fc1ccc(-c2c[nH]c(SI)n2)cc1. The predicted octanol–water partition coefficient (Wildman–Crippen LogP) is 3.66. The van der Waals surface area contributed by atoms with Gasteiger partial charge in [-0.15, -0.1) is 0 Å². The highest BCUT2D eigenvalue weighted by molar-refractivity contribution is 14.2. The molecule has 0 fully saturated rings. The zero-order chi connectivity index (χ0) is 9.97. The summed E-state index contributed by atoms with van der Waals surface area (Å²) in [5.74, 6) is -0.229. The quantitative estimate of drug-likeness (QED) is 0.856. The summed E-state index contributed by atoms with van der Waals surface area (Å²) < 4.78 is 12.6. The summed E-state index contributed by atoms with van der Waals surface area (Å²) in [6.07, 6.45) is 1.81. The van der Waals surface area contributed by atoms with Crippen molar-refractivity contribution in [3.8, 4) is 11.3 Å². The van der Waals surface area contributed by atoms with Gasteiger partial charge in [0.1, 0.15) is 5.82 Å². The van der Waals surface area contributed by atoms with Crippen LogP contribution in [-0.4, -0.2) is 9.97 Å². The third-order valence-corrected chi connectivity index (χ3v) is 3.37. The molecule has 2 aromatic rings. The Morgan fingerprint density at radius 3 is 2.57 bits per heavy atom. The Morgan fingerprint density at radius 1 is 1.29 bits per heavy atom. The molecular formula is C9H6FIN2S. The van der Waals surface area contributed by atoms with Crippen LogP contribution in [-0.2, 0) is 0 Å². The molecule has 0 bridgehead atoms. The Hall–Kier alpha value is -0.560. The molecule has 0 saturated heterocycles. The van der Waals surface area contributed by atoms with E-state index in [-0.39, 0.29) is 5.82 Å². The number of nitrogens with one attached hydrogen (secondary N) is 1. The second-order valence-electron chi connectivity index (χ2n) is 2.67. The van der Waals surface area contributed by atoms with Crippen LogP contribution >= 0.6 is 30.1 Å². The van der Waals surface area contributed by atoms with Gasteiger partial charge in [0.15, 0.2) is 5.16 Å². The molecule has 0 amide bonds. The summed E-state index contributed by atoms with van der Waals surface area (Å²) in [6.45, 7) is 0. The first kappa shape index (κ1) is 9.97. The summed E-state index contributed by atoms with van der Waals surface area (Å²) in [6, 6.07) is 6.29. The highest BCUT2D eigenvalue weighted by atomic mass is 127. The molecule has 0 radical (unpaired) electrons. The normalized spacial score (nSPS) is 10.4. The van der Waals surface area contributed by atoms with E-state index in [2.05, 4.69) is 31.2 Å². The highest BCUT2D eigenvalue weighted by Gasteiger charge is 2.03. The van der Waals surface area contributed by atoms with Crippen molar-refractivity contribution in [2.75, 3.05) is 0 Å². The van der Waals surface area contributed by atoms with Crippen LogP contribution in [0.2, 0.25) is 0 Å². The number of aromatic nitrogens is 2. The van der Waals surface area contributed by atoms with Crippen LogP contribution in [0, 0.1) is 5.82 Å². The van der Waals surface area contributed by atoms with Crippen molar-refractivity contribution < 1.29 is 4.39 Å².